The number of para-hydroxylation sites is 1. The van der Waals surface area contributed by atoms with Crippen LogP contribution in [0.3, 0.4) is 0 Å². The average molecular weight is 1130 g/mol. The van der Waals surface area contributed by atoms with E-state index in [1.165, 1.54) is 17.2 Å². The molecule has 1 saturated heterocycles. The zero-order chi connectivity index (χ0) is 50.7. The third-order valence-corrected chi connectivity index (χ3v) is 12.5. The van der Waals surface area contributed by atoms with Gasteiger partial charge in [-0.1, -0.05) is 124 Å². The molecule has 3 aromatic heterocycles. The van der Waals surface area contributed by atoms with Crippen molar-refractivity contribution >= 4 is 49.4 Å². The zero-order valence-corrected chi connectivity index (χ0v) is 46.3. The number of carbonyl (C=O) groups is 1. The summed E-state index contributed by atoms with van der Waals surface area (Å²) in [4.78, 5) is 25.5. The molecule has 0 bridgehead atoms. The molecule has 1 N–H and O–H groups in total. The van der Waals surface area contributed by atoms with Gasteiger partial charge in [0.2, 0.25) is 0 Å². The Morgan fingerprint density at radius 2 is 1.49 bits per heavy atom. The van der Waals surface area contributed by atoms with Crippen LogP contribution in [-0.4, -0.2) is 39.1 Å². The van der Waals surface area contributed by atoms with Crippen molar-refractivity contribution < 1.29 is 43.6 Å². The molecule has 0 spiro atoms. The average Bonchev–Trinajstić information content (AvgIpc) is 3.65. The van der Waals surface area contributed by atoms with Crippen molar-refractivity contribution in [1.82, 2.24) is 15.0 Å². The third-order valence-electron chi connectivity index (χ3n) is 12.5. The summed E-state index contributed by atoms with van der Waals surface area (Å²) in [5.41, 5.74) is 11.6. The van der Waals surface area contributed by atoms with Gasteiger partial charge in [-0.25, -0.2) is 9.37 Å². The van der Waals surface area contributed by atoms with Crippen LogP contribution in [0.5, 0.6) is 0 Å². The summed E-state index contributed by atoms with van der Waals surface area (Å²) in [5.74, 6) is 1.80. The number of hydrogen-bond donors (Lipinski definition) is 1. The number of nitrogens with zero attached hydrogens (tertiary/aromatic N) is 3. The number of aliphatic hydroxyl groups is 1. The van der Waals surface area contributed by atoms with Crippen LogP contribution in [0.2, 0.25) is 0 Å². The second kappa shape index (κ2) is 22.9. The molecule has 0 saturated carbocycles. The second-order valence-corrected chi connectivity index (χ2v) is 22.1. The zero-order valence-electron chi connectivity index (χ0n) is 43.9. The van der Waals surface area contributed by atoms with Gasteiger partial charge < -0.3 is 19.2 Å². The van der Waals surface area contributed by atoms with E-state index in [1.54, 1.807) is 12.3 Å². The van der Waals surface area contributed by atoms with Crippen molar-refractivity contribution in [2.75, 3.05) is 13.2 Å². The van der Waals surface area contributed by atoms with Gasteiger partial charge in [-0.3, -0.25) is 9.78 Å². The van der Waals surface area contributed by atoms with Crippen LogP contribution < -0.4 is 0 Å². The molecule has 71 heavy (non-hydrogen) atoms. The van der Waals surface area contributed by atoms with Crippen molar-refractivity contribution in [3.05, 3.63) is 148 Å². The number of halogens is 1. The minimum atomic E-state index is -0.176. The number of aromatic nitrogens is 3. The molecule has 0 unspecified atom stereocenters. The molecule has 1 aliphatic heterocycles. The number of fused-ring (bicyclic) bond motifs is 5. The Bertz CT molecular complexity index is 3180. The van der Waals surface area contributed by atoms with E-state index in [1.807, 2.05) is 78.8 Å². The standard InChI is InChI=1S/C29H25FNO2.C20H21N2.C13H24O2.Ir/c1-17(2)20-14-24-21-5-3-4-6-27(21)33-29(24)25(15-20)28-23-16-26(30)22(13-19(23)7-10-31-28)18-8-11-32-12-9-18;1-12(2)16-6-7-18-19(11-16)21-15(5)22-20(18)17-9-13(3)8-14(4)10-17;1-12(2,3)8-10(14)7-11(15)9-13(4,5)6;/h3-7,10,13-14,16-18H,8-9,11-12H2,1-2H3;6-9,11-12H,1-5H3;7,14H,8-9H2,1-6H3;/q2*-1;;/b;;10-7-;. The molecule has 0 amide bonds. The van der Waals surface area contributed by atoms with Crippen LogP contribution in [0.4, 0.5) is 4.39 Å². The van der Waals surface area contributed by atoms with Crippen molar-refractivity contribution in [3.63, 3.8) is 0 Å². The number of hydrogen-bond acceptors (Lipinski definition) is 7. The first kappa shape index (κ1) is 54.7. The van der Waals surface area contributed by atoms with E-state index in [9.17, 15) is 9.90 Å². The molecule has 4 heterocycles. The molecule has 1 radical (unpaired) electrons. The largest absolute Gasteiger partial charge is 0.512 e. The van der Waals surface area contributed by atoms with Crippen LogP contribution in [0, 0.1) is 49.6 Å². The monoisotopic (exact) mass is 1130 g/mol. The molecule has 0 aliphatic carbocycles. The van der Waals surface area contributed by atoms with E-state index >= 15 is 4.39 Å². The smallest absolute Gasteiger partial charge is 0.159 e. The van der Waals surface area contributed by atoms with Gasteiger partial charge in [0.15, 0.2) is 5.78 Å². The summed E-state index contributed by atoms with van der Waals surface area (Å²) in [7, 11) is 0. The Balaban J connectivity index is 0.000000189. The summed E-state index contributed by atoms with van der Waals surface area (Å²) in [5, 5.41) is 14.6. The normalized spacial score (nSPS) is 13.6. The fourth-order valence-electron chi connectivity index (χ4n) is 9.20. The molecule has 9 rings (SSSR count). The number of ether oxygens (including phenoxy) is 1. The fourth-order valence-corrected chi connectivity index (χ4v) is 9.20. The van der Waals surface area contributed by atoms with Gasteiger partial charge in [0, 0.05) is 63.8 Å². The fraction of sp³-hybridized carbons (Fsp3) is 0.387. The number of allylic oxidation sites excluding steroid dienone is 2. The van der Waals surface area contributed by atoms with E-state index in [2.05, 4.69) is 106 Å². The summed E-state index contributed by atoms with van der Waals surface area (Å²) in [6.45, 7) is 28.4. The summed E-state index contributed by atoms with van der Waals surface area (Å²) in [6.07, 6.45) is 5.89. The van der Waals surface area contributed by atoms with Gasteiger partial charge in [0.25, 0.3) is 0 Å². The maximum atomic E-state index is 15.4. The van der Waals surface area contributed by atoms with Crippen molar-refractivity contribution in [3.8, 4) is 22.5 Å². The Labute approximate surface area is 434 Å². The maximum Gasteiger partial charge on any atom is 0.159 e. The van der Waals surface area contributed by atoms with Crippen LogP contribution in [-0.2, 0) is 29.6 Å². The molecule has 5 aromatic carbocycles. The Morgan fingerprint density at radius 1 is 0.789 bits per heavy atom. The molecule has 7 nitrogen and oxygen atoms in total. The van der Waals surface area contributed by atoms with Crippen LogP contribution in [0.25, 0.3) is 66.1 Å². The van der Waals surface area contributed by atoms with Crippen LogP contribution in [0.1, 0.15) is 146 Å². The molecular weight excluding hydrogens is 1060 g/mol. The number of ketones is 1. The SMILES string of the molecule is CC(C)(C)CC(=O)/C=C(\O)CC(C)(C)C.CC(C)c1[c-]c(-c2nccc3cc(C4CCOCC4)c(F)cc23)c2oc3ccccc3c2c1.Cc1[c-]c(-c2nc(C)nc3cc(C(C)C)ccc23)cc(C)c1.[Ir]. The van der Waals surface area contributed by atoms with E-state index in [0.29, 0.717) is 37.7 Å². The summed E-state index contributed by atoms with van der Waals surface area (Å²) in [6, 6.07) is 33.6. The van der Waals surface area contributed by atoms with Crippen molar-refractivity contribution in [2.24, 2.45) is 10.8 Å². The number of aryl methyl sites for hydroxylation is 3. The molecule has 1 aliphatic rings. The van der Waals surface area contributed by atoms with E-state index < -0.39 is 0 Å². The Hall–Kier alpha value is -5.60. The van der Waals surface area contributed by atoms with E-state index in [4.69, 9.17) is 14.1 Å². The first-order valence-electron chi connectivity index (χ1n) is 24.8. The number of benzene rings is 5. The predicted molar refractivity (Wildman–Crippen MR) is 286 cm³/mol. The van der Waals surface area contributed by atoms with Gasteiger partial charge in [-0.2, -0.15) is 0 Å². The van der Waals surface area contributed by atoms with Crippen molar-refractivity contribution in [2.45, 2.75) is 133 Å². The number of furan rings is 1. The van der Waals surface area contributed by atoms with E-state index in [0.717, 1.165) is 95.8 Å². The summed E-state index contributed by atoms with van der Waals surface area (Å²) >= 11 is 0. The molecular formula is C62H70FIrN3O4-2. The van der Waals surface area contributed by atoms with Gasteiger partial charge in [-0.05, 0) is 117 Å². The topological polar surface area (TPSA) is 98.3 Å². The minimum Gasteiger partial charge on any atom is -0.512 e. The quantitative estimate of drug-likeness (QED) is 0.0919. The number of rotatable bonds is 8. The number of aliphatic hydroxyl groups excluding tert-OH is 1. The van der Waals surface area contributed by atoms with Crippen LogP contribution in [0.15, 0.2) is 101 Å². The molecule has 8 aromatic rings. The first-order chi connectivity index (χ1) is 33.0. The molecule has 375 valence electrons. The van der Waals surface area contributed by atoms with Gasteiger partial charge >= 0.3 is 0 Å². The Kier molecular flexibility index (Phi) is 17.6. The van der Waals surface area contributed by atoms with Crippen LogP contribution >= 0.6 is 0 Å². The number of carbonyl (C=O) groups excluding carboxylic acids is 1. The van der Waals surface area contributed by atoms with Gasteiger partial charge in [-0.15, -0.1) is 52.6 Å². The first-order valence-corrected chi connectivity index (χ1v) is 24.8. The predicted octanol–water partition coefficient (Wildman–Crippen LogP) is 16.8. The third kappa shape index (κ3) is 13.9. The number of pyridine rings is 1. The minimum absolute atomic E-state index is 0. The van der Waals surface area contributed by atoms with Gasteiger partial charge in [0.1, 0.15) is 17.2 Å². The van der Waals surface area contributed by atoms with E-state index in [-0.39, 0.29) is 60.1 Å². The Morgan fingerprint density at radius 3 is 2.15 bits per heavy atom. The summed E-state index contributed by atoms with van der Waals surface area (Å²) < 4.78 is 27.2. The second-order valence-electron chi connectivity index (χ2n) is 22.1. The van der Waals surface area contributed by atoms with Gasteiger partial charge in [0.05, 0.1) is 16.9 Å². The molecule has 0 atom stereocenters. The molecule has 9 heteroatoms. The maximum absolute atomic E-state index is 15.4. The molecule has 1 fully saturated rings. The van der Waals surface area contributed by atoms with Crippen molar-refractivity contribution in [1.29, 1.82) is 0 Å².